The van der Waals surface area contributed by atoms with Crippen molar-refractivity contribution in [2.75, 3.05) is 13.2 Å². The molecule has 0 radical (unpaired) electrons. The molecule has 0 saturated carbocycles. The summed E-state index contributed by atoms with van der Waals surface area (Å²) in [5.74, 6) is 0.868. The summed E-state index contributed by atoms with van der Waals surface area (Å²) in [5, 5.41) is 7.12. The van der Waals surface area contributed by atoms with Crippen LogP contribution >= 0.6 is 0 Å². The van der Waals surface area contributed by atoms with Crippen molar-refractivity contribution in [3.8, 4) is 0 Å². The van der Waals surface area contributed by atoms with Gasteiger partial charge in [0.2, 0.25) is 0 Å². The lowest BCUT2D eigenvalue weighted by Gasteiger charge is -2.08. The van der Waals surface area contributed by atoms with E-state index < -0.39 is 0 Å². The summed E-state index contributed by atoms with van der Waals surface area (Å²) in [4.78, 5) is 0. The lowest BCUT2D eigenvalue weighted by Crippen LogP contribution is -2.26. The Morgan fingerprint density at radius 1 is 1.67 bits per heavy atom. The second kappa shape index (κ2) is 2.35. The molecule has 0 aromatic rings. The van der Waals surface area contributed by atoms with E-state index in [2.05, 4.69) is 6.92 Å². The van der Waals surface area contributed by atoms with E-state index in [1.807, 2.05) is 0 Å². The molecule has 52 valence electrons. The molecule has 0 aliphatic carbocycles. The van der Waals surface area contributed by atoms with Gasteiger partial charge in [0, 0.05) is 12.5 Å². The van der Waals surface area contributed by atoms with Crippen LogP contribution in [-0.2, 0) is 4.74 Å². The predicted octanol–water partition coefficient (Wildman–Crippen LogP) is 0.205. The topological polar surface area (TPSA) is 59.1 Å². The lowest BCUT2D eigenvalue weighted by atomic mass is 9.97. The molecule has 0 bridgehead atoms. The van der Waals surface area contributed by atoms with Gasteiger partial charge in [-0.15, -0.1) is 0 Å². The van der Waals surface area contributed by atoms with E-state index in [9.17, 15) is 0 Å². The van der Waals surface area contributed by atoms with Gasteiger partial charge in [-0.05, 0) is 5.92 Å². The number of ether oxygens (including phenoxy) is 1. The first-order valence-electron chi connectivity index (χ1n) is 3.13. The number of hydrogen-bond acceptors (Lipinski definition) is 2. The first-order valence-corrected chi connectivity index (χ1v) is 3.13. The summed E-state index contributed by atoms with van der Waals surface area (Å²) in [7, 11) is 0. The van der Waals surface area contributed by atoms with Crippen LogP contribution < -0.4 is 5.73 Å². The summed E-state index contributed by atoms with van der Waals surface area (Å²) in [5.41, 5.74) is 5.29. The third kappa shape index (κ3) is 1.21. The van der Waals surface area contributed by atoms with Gasteiger partial charge in [0.25, 0.3) is 0 Å². The van der Waals surface area contributed by atoms with Gasteiger partial charge >= 0.3 is 0 Å². The second-order valence-electron chi connectivity index (χ2n) is 2.58. The van der Waals surface area contributed by atoms with Crippen molar-refractivity contribution >= 4 is 5.84 Å². The number of nitrogens with one attached hydrogen (secondary N) is 1. The summed E-state index contributed by atoms with van der Waals surface area (Å²) >= 11 is 0. The summed E-state index contributed by atoms with van der Waals surface area (Å²) in [6, 6.07) is 0. The first-order chi connectivity index (χ1) is 4.22. The molecule has 1 heterocycles. The van der Waals surface area contributed by atoms with Gasteiger partial charge in [-0.2, -0.15) is 0 Å². The Labute approximate surface area is 54.7 Å². The normalized spacial score (nSPS) is 34.8. The highest BCUT2D eigenvalue weighted by atomic mass is 16.5. The molecule has 1 aliphatic heterocycles. The maximum absolute atomic E-state index is 7.12. The average molecular weight is 128 g/mol. The Morgan fingerprint density at radius 3 is 2.56 bits per heavy atom. The number of amidine groups is 1. The Morgan fingerprint density at radius 2 is 2.33 bits per heavy atom. The Kier molecular flexibility index (Phi) is 1.71. The second-order valence-corrected chi connectivity index (χ2v) is 2.58. The van der Waals surface area contributed by atoms with Gasteiger partial charge in [0.15, 0.2) is 0 Å². The summed E-state index contributed by atoms with van der Waals surface area (Å²) in [6.07, 6.45) is 0. The van der Waals surface area contributed by atoms with E-state index in [0.29, 0.717) is 12.5 Å². The maximum atomic E-state index is 7.12. The third-order valence-corrected chi connectivity index (χ3v) is 1.76. The number of hydrogen-bond donors (Lipinski definition) is 2. The summed E-state index contributed by atoms with van der Waals surface area (Å²) < 4.78 is 5.11. The Balaban J connectivity index is 2.49. The maximum Gasteiger partial charge on any atom is 0.0963 e. The smallest absolute Gasteiger partial charge is 0.0963 e. The minimum absolute atomic E-state index is 0.171. The predicted molar refractivity (Wildman–Crippen MR) is 35.4 cm³/mol. The van der Waals surface area contributed by atoms with Crippen LogP contribution in [0.15, 0.2) is 0 Å². The summed E-state index contributed by atoms with van der Waals surface area (Å²) in [6.45, 7) is 3.44. The molecule has 1 rings (SSSR count). The zero-order chi connectivity index (χ0) is 6.85. The molecular formula is C6H12N2O. The molecule has 9 heavy (non-hydrogen) atoms. The Bertz CT molecular complexity index is 124. The molecule has 2 atom stereocenters. The SMILES string of the molecule is CC1COCC1C(=N)N. The van der Waals surface area contributed by atoms with Crippen molar-refractivity contribution in [3.63, 3.8) is 0 Å². The van der Waals surface area contributed by atoms with Crippen molar-refractivity contribution in [1.82, 2.24) is 0 Å². The first kappa shape index (κ1) is 6.55. The van der Waals surface area contributed by atoms with E-state index in [1.54, 1.807) is 0 Å². The zero-order valence-corrected chi connectivity index (χ0v) is 5.55. The van der Waals surface area contributed by atoms with Crippen LogP contribution in [0.25, 0.3) is 0 Å². The van der Waals surface area contributed by atoms with Crippen LogP contribution in [0.3, 0.4) is 0 Å². The van der Waals surface area contributed by atoms with Crippen LogP contribution in [0.1, 0.15) is 6.92 Å². The molecule has 0 amide bonds. The van der Waals surface area contributed by atoms with Crippen molar-refractivity contribution < 1.29 is 4.74 Å². The van der Waals surface area contributed by atoms with E-state index in [1.165, 1.54) is 0 Å². The molecule has 1 fully saturated rings. The van der Waals surface area contributed by atoms with Gasteiger partial charge < -0.3 is 10.5 Å². The molecule has 1 saturated heterocycles. The molecule has 2 unspecified atom stereocenters. The monoisotopic (exact) mass is 128 g/mol. The van der Waals surface area contributed by atoms with Crippen molar-refractivity contribution in [1.29, 1.82) is 5.41 Å². The largest absolute Gasteiger partial charge is 0.387 e. The fraction of sp³-hybridized carbons (Fsp3) is 0.833. The van der Waals surface area contributed by atoms with Crippen LogP contribution in [-0.4, -0.2) is 19.0 Å². The lowest BCUT2D eigenvalue weighted by molar-refractivity contribution is 0.185. The van der Waals surface area contributed by atoms with Gasteiger partial charge in [-0.1, -0.05) is 6.92 Å². The van der Waals surface area contributed by atoms with Gasteiger partial charge in [0.1, 0.15) is 0 Å². The fourth-order valence-electron chi connectivity index (χ4n) is 1.06. The Hall–Kier alpha value is -0.570. The highest BCUT2D eigenvalue weighted by molar-refractivity contribution is 5.80. The van der Waals surface area contributed by atoms with Crippen molar-refractivity contribution in [2.24, 2.45) is 17.6 Å². The molecule has 0 aromatic heterocycles. The van der Waals surface area contributed by atoms with Crippen LogP contribution in [0.2, 0.25) is 0 Å². The molecule has 0 aromatic carbocycles. The van der Waals surface area contributed by atoms with Crippen LogP contribution in [0.5, 0.6) is 0 Å². The quantitative estimate of drug-likeness (QED) is 0.391. The molecule has 3 nitrogen and oxygen atoms in total. The van der Waals surface area contributed by atoms with Gasteiger partial charge in [0.05, 0.1) is 12.4 Å². The average Bonchev–Trinajstić information content (AvgIpc) is 2.13. The molecule has 0 spiro atoms. The van der Waals surface area contributed by atoms with Crippen LogP contribution in [0.4, 0.5) is 0 Å². The fourth-order valence-corrected chi connectivity index (χ4v) is 1.06. The van der Waals surface area contributed by atoms with Crippen molar-refractivity contribution in [2.45, 2.75) is 6.92 Å². The van der Waals surface area contributed by atoms with E-state index in [-0.39, 0.29) is 11.8 Å². The number of nitrogens with two attached hydrogens (primary N) is 1. The number of rotatable bonds is 1. The standard InChI is InChI=1S/C6H12N2O/c1-4-2-9-3-5(4)6(7)8/h4-5H,2-3H2,1H3,(H3,7,8). The van der Waals surface area contributed by atoms with Crippen LogP contribution in [0, 0.1) is 17.2 Å². The highest BCUT2D eigenvalue weighted by Crippen LogP contribution is 2.18. The minimum atomic E-state index is 0.171. The van der Waals surface area contributed by atoms with E-state index >= 15 is 0 Å². The van der Waals surface area contributed by atoms with Crippen molar-refractivity contribution in [3.05, 3.63) is 0 Å². The molecule has 3 heteroatoms. The van der Waals surface area contributed by atoms with E-state index in [4.69, 9.17) is 15.9 Å². The van der Waals surface area contributed by atoms with Gasteiger partial charge in [-0.3, -0.25) is 5.41 Å². The zero-order valence-electron chi connectivity index (χ0n) is 5.55. The third-order valence-electron chi connectivity index (χ3n) is 1.76. The highest BCUT2D eigenvalue weighted by Gasteiger charge is 2.26. The molecular weight excluding hydrogens is 116 g/mol. The van der Waals surface area contributed by atoms with E-state index in [0.717, 1.165) is 6.61 Å². The van der Waals surface area contributed by atoms with Gasteiger partial charge in [-0.25, -0.2) is 0 Å². The minimum Gasteiger partial charge on any atom is -0.387 e. The molecule has 3 N–H and O–H groups in total. The molecule has 1 aliphatic rings.